The highest BCUT2D eigenvalue weighted by Gasteiger charge is 2.18. The minimum atomic E-state index is -0.127. The number of rotatable bonds is 36. The maximum absolute atomic E-state index is 13.3. The summed E-state index contributed by atoms with van der Waals surface area (Å²) in [5.74, 6) is 0.928. The minimum absolute atomic E-state index is 0.0151. The largest absolute Gasteiger partial charge is 0.462 e. The second kappa shape index (κ2) is 36.5. The molecule has 49 heavy (non-hydrogen) atoms. The maximum Gasteiger partial charge on any atom is 0.306 e. The average Bonchev–Trinajstić information content (AvgIpc) is 3.09. The molecule has 288 valence electrons. The van der Waals surface area contributed by atoms with Crippen LogP contribution in [0.4, 0.5) is 4.79 Å². The van der Waals surface area contributed by atoms with E-state index >= 15 is 0 Å². The van der Waals surface area contributed by atoms with Crippen molar-refractivity contribution in [2.75, 3.05) is 38.5 Å². The number of thioether (sulfide) groups is 1. The van der Waals surface area contributed by atoms with Crippen LogP contribution >= 0.6 is 11.8 Å². The molecule has 0 saturated heterocycles. The third-order valence-electron chi connectivity index (χ3n) is 9.48. The van der Waals surface area contributed by atoms with E-state index in [9.17, 15) is 14.4 Å². The van der Waals surface area contributed by atoms with Crippen LogP contribution in [0.1, 0.15) is 195 Å². The summed E-state index contributed by atoms with van der Waals surface area (Å²) in [4.78, 5) is 43.1. The number of carbonyl (C=O) groups excluding carboxylic acids is 3. The zero-order valence-corrected chi connectivity index (χ0v) is 33.9. The van der Waals surface area contributed by atoms with E-state index in [0.717, 1.165) is 70.3 Å². The summed E-state index contributed by atoms with van der Waals surface area (Å²) >= 11 is 1.38. The summed E-state index contributed by atoms with van der Waals surface area (Å²) in [6.45, 7) is 15.2. The van der Waals surface area contributed by atoms with Gasteiger partial charge in [-0.05, 0) is 83.8 Å². The number of amides is 1. The van der Waals surface area contributed by atoms with Gasteiger partial charge in [0, 0.05) is 38.1 Å². The molecule has 0 N–H and O–H groups in total. The van der Waals surface area contributed by atoms with E-state index in [0.29, 0.717) is 45.2 Å². The highest BCUT2D eigenvalue weighted by atomic mass is 32.2. The molecule has 0 radical (unpaired) electrons. The molecule has 7 heteroatoms. The summed E-state index contributed by atoms with van der Waals surface area (Å²) in [5, 5.41) is 0.0689. The number of unbranched alkanes of at least 4 members (excludes halogenated alkanes) is 13. The quantitative estimate of drug-likeness (QED) is 0.0367. The first-order valence-corrected chi connectivity index (χ1v) is 21.9. The van der Waals surface area contributed by atoms with Gasteiger partial charge in [0.15, 0.2) is 0 Å². The molecule has 1 amide bonds. The van der Waals surface area contributed by atoms with Crippen LogP contribution in [0.2, 0.25) is 0 Å². The standard InChI is InChI=1S/C42H80N2O4S/c1-6-11-14-17-19-20-22-24-30-39(45)31-27-36-44(42(47)49-38-29-35-43(9-4)10-5)37-28-34-41(46)48-40(32-25-21-16-13-8-3)33-26-23-18-15-12-7-2/h20,22,40H,6-19,21,23-38H2,1-5H3/b22-20-. The Bertz CT molecular complexity index is 802. The molecule has 0 rings (SSSR count). The summed E-state index contributed by atoms with van der Waals surface area (Å²) in [6.07, 6.45) is 30.5. The number of ether oxygens (including phenoxy) is 1. The summed E-state index contributed by atoms with van der Waals surface area (Å²) < 4.78 is 6.04. The predicted molar refractivity (Wildman–Crippen MR) is 214 cm³/mol. The van der Waals surface area contributed by atoms with E-state index in [1.165, 1.54) is 95.2 Å². The predicted octanol–water partition coefficient (Wildman–Crippen LogP) is 12.3. The average molecular weight is 709 g/mol. The van der Waals surface area contributed by atoms with E-state index < -0.39 is 0 Å². The molecule has 1 atom stereocenters. The monoisotopic (exact) mass is 709 g/mol. The van der Waals surface area contributed by atoms with Crippen molar-refractivity contribution in [3.8, 4) is 0 Å². The Balaban J connectivity index is 4.87. The third-order valence-corrected chi connectivity index (χ3v) is 10.5. The number of allylic oxidation sites excluding steroid dienone is 2. The first-order chi connectivity index (χ1) is 23.9. The smallest absolute Gasteiger partial charge is 0.306 e. The number of hydrogen-bond donors (Lipinski definition) is 0. The van der Waals surface area contributed by atoms with E-state index in [2.05, 4.69) is 51.7 Å². The third kappa shape index (κ3) is 31.1. The first kappa shape index (κ1) is 47.7. The van der Waals surface area contributed by atoms with Gasteiger partial charge in [-0.2, -0.15) is 0 Å². The second-order valence-electron chi connectivity index (χ2n) is 14.0. The van der Waals surface area contributed by atoms with Gasteiger partial charge in [0.1, 0.15) is 11.9 Å². The molecule has 0 aromatic carbocycles. The number of ketones is 1. The van der Waals surface area contributed by atoms with Gasteiger partial charge in [-0.15, -0.1) is 0 Å². The lowest BCUT2D eigenvalue weighted by molar-refractivity contribution is -0.150. The topological polar surface area (TPSA) is 66.9 Å². The molecule has 0 aromatic heterocycles. The fourth-order valence-corrected chi connectivity index (χ4v) is 7.00. The van der Waals surface area contributed by atoms with Crippen molar-refractivity contribution in [1.82, 2.24) is 9.80 Å². The van der Waals surface area contributed by atoms with Crippen molar-refractivity contribution in [1.29, 1.82) is 0 Å². The number of esters is 1. The van der Waals surface area contributed by atoms with Crippen molar-refractivity contribution < 1.29 is 19.1 Å². The second-order valence-corrected chi connectivity index (χ2v) is 15.0. The molecule has 0 heterocycles. The van der Waals surface area contributed by atoms with Crippen molar-refractivity contribution in [3.63, 3.8) is 0 Å². The van der Waals surface area contributed by atoms with Crippen LogP contribution in [0.25, 0.3) is 0 Å². The summed E-state index contributed by atoms with van der Waals surface area (Å²) in [5.41, 5.74) is 0. The highest BCUT2D eigenvalue weighted by molar-refractivity contribution is 8.13. The number of Topliss-reactive ketones (excluding diaryl/α,β-unsaturated/α-hetero) is 1. The van der Waals surface area contributed by atoms with Gasteiger partial charge in [-0.3, -0.25) is 14.4 Å². The molecule has 0 aliphatic rings. The summed E-state index contributed by atoms with van der Waals surface area (Å²) in [6, 6.07) is 0. The van der Waals surface area contributed by atoms with Crippen LogP contribution in [0, 0.1) is 0 Å². The molecular weight excluding hydrogens is 629 g/mol. The number of hydrogen-bond acceptors (Lipinski definition) is 6. The maximum atomic E-state index is 13.3. The van der Waals surface area contributed by atoms with Crippen LogP contribution in [-0.2, 0) is 14.3 Å². The SMILES string of the molecule is CCCCCC/C=C\CCC(=O)CCCN(CCCC(=O)OC(CCCCCCC)CCCCCCCC)C(=O)SCCCN(CC)CC. The van der Waals surface area contributed by atoms with Crippen molar-refractivity contribution in [3.05, 3.63) is 12.2 Å². The van der Waals surface area contributed by atoms with Crippen LogP contribution in [0.3, 0.4) is 0 Å². The molecule has 0 fully saturated rings. The normalized spacial score (nSPS) is 12.2. The lowest BCUT2D eigenvalue weighted by atomic mass is 10.0. The molecule has 0 aromatic rings. The molecular formula is C42H80N2O4S. The molecule has 0 aliphatic heterocycles. The van der Waals surface area contributed by atoms with Gasteiger partial charge < -0.3 is 14.5 Å². The van der Waals surface area contributed by atoms with E-state index in [1.54, 1.807) is 0 Å². The van der Waals surface area contributed by atoms with Gasteiger partial charge in [-0.1, -0.05) is 136 Å². The Kier molecular flexibility index (Phi) is 35.5. The molecule has 0 spiro atoms. The van der Waals surface area contributed by atoms with Crippen LogP contribution in [0.5, 0.6) is 0 Å². The van der Waals surface area contributed by atoms with Crippen molar-refractivity contribution in [2.45, 2.75) is 201 Å². The zero-order valence-electron chi connectivity index (χ0n) is 33.1. The van der Waals surface area contributed by atoms with Gasteiger partial charge in [0.25, 0.3) is 5.24 Å². The fraction of sp³-hybridized carbons (Fsp3) is 0.881. The zero-order chi connectivity index (χ0) is 36.2. The molecule has 1 unspecified atom stereocenters. The fourth-order valence-electron chi connectivity index (χ4n) is 6.18. The highest BCUT2D eigenvalue weighted by Crippen LogP contribution is 2.19. The minimum Gasteiger partial charge on any atom is -0.462 e. The van der Waals surface area contributed by atoms with Crippen LogP contribution in [-0.4, -0.2) is 71.4 Å². The molecule has 0 aliphatic carbocycles. The Morgan fingerprint density at radius 3 is 1.69 bits per heavy atom. The Hall–Kier alpha value is -1.34. The van der Waals surface area contributed by atoms with Crippen molar-refractivity contribution >= 4 is 28.8 Å². The number of carbonyl (C=O) groups is 3. The summed E-state index contributed by atoms with van der Waals surface area (Å²) in [7, 11) is 0. The number of nitrogens with zero attached hydrogens (tertiary/aromatic N) is 2. The van der Waals surface area contributed by atoms with E-state index in [-0.39, 0.29) is 23.1 Å². The van der Waals surface area contributed by atoms with Gasteiger partial charge in [-0.25, -0.2) is 0 Å². The molecule has 0 saturated carbocycles. The van der Waals surface area contributed by atoms with Crippen molar-refractivity contribution in [2.24, 2.45) is 0 Å². The Morgan fingerprint density at radius 1 is 0.571 bits per heavy atom. The Morgan fingerprint density at radius 2 is 1.10 bits per heavy atom. The van der Waals surface area contributed by atoms with Gasteiger partial charge >= 0.3 is 5.97 Å². The van der Waals surface area contributed by atoms with Crippen LogP contribution in [0.15, 0.2) is 12.2 Å². The van der Waals surface area contributed by atoms with Gasteiger partial charge in [0.2, 0.25) is 0 Å². The molecule has 6 nitrogen and oxygen atoms in total. The lowest BCUT2D eigenvalue weighted by Gasteiger charge is -2.23. The Labute approximate surface area is 308 Å². The first-order valence-electron chi connectivity index (χ1n) is 20.9. The lowest BCUT2D eigenvalue weighted by Crippen LogP contribution is -2.31. The van der Waals surface area contributed by atoms with Gasteiger partial charge in [0.05, 0.1) is 0 Å². The molecule has 0 bridgehead atoms. The van der Waals surface area contributed by atoms with E-state index in [1.807, 2.05) is 4.90 Å². The van der Waals surface area contributed by atoms with Crippen LogP contribution < -0.4 is 0 Å². The van der Waals surface area contributed by atoms with E-state index in [4.69, 9.17) is 4.74 Å².